The van der Waals surface area contributed by atoms with Gasteiger partial charge in [-0.25, -0.2) is 9.78 Å². The lowest BCUT2D eigenvalue weighted by Crippen LogP contribution is -2.30. The minimum Gasteiger partial charge on any atom is -0.460 e. The quantitative estimate of drug-likeness (QED) is 0.272. The van der Waals surface area contributed by atoms with Crippen LogP contribution < -0.4 is 0 Å². The molecular weight excluding hydrogens is 302 g/mol. The zero-order valence-corrected chi connectivity index (χ0v) is 11.6. The van der Waals surface area contributed by atoms with Gasteiger partial charge in [0.05, 0.1) is 12.5 Å². The molecule has 0 bridgehead atoms. The number of carbonyl (C=O) groups is 3. The van der Waals surface area contributed by atoms with Gasteiger partial charge in [0.25, 0.3) is 5.78 Å². The molecule has 0 radical (unpaired) electrons. The summed E-state index contributed by atoms with van der Waals surface area (Å²) in [6.45, 7) is 3.05. The zero-order chi connectivity index (χ0) is 13.7. The Morgan fingerprint density at radius 2 is 2.06 bits per heavy atom. The Kier molecular flexibility index (Phi) is 5.15. The van der Waals surface area contributed by atoms with Crippen molar-refractivity contribution in [1.82, 2.24) is 4.98 Å². The predicted molar refractivity (Wildman–Crippen MR) is 67.1 cm³/mol. The average molecular weight is 314 g/mol. The SMILES string of the molecule is CCOC(=O)C(=O)C(C)C(=O)c1cccc(Br)n1. The molecule has 1 heterocycles. The molecule has 1 atom stereocenters. The maximum atomic E-state index is 11.9. The number of nitrogens with zero attached hydrogens (tertiary/aromatic N) is 1. The van der Waals surface area contributed by atoms with Gasteiger partial charge in [0.15, 0.2) is 5.78 Å². The predicted octanol–water partition coefficient (Wildman–Crippen LogP) is 1.80. The second kappa shape index (κ2) is 6.39. The van der Waals surface area contributed by atoms with Crippen LogP contribution in [0.2, 0.25) is 0 Å². The number of pyridine rings is 1. The summed E-state index contributed by atoms with van der Waals surface area (Å²) < 4.78 is 5.05. The minimum absolute atomic E-state index is 0.0978. The van der Waals surface area contributed by atoms with Crippen LogP contribution in [0.4, 0.5) is 0 Å². The third-order valence-electron chi connectivity index (χ3n) is 2.23. The van der Waals surface area contributed by atoms with Crippen LogP contribution in [0.1, 0.15) is 24.3 Å². The Labute approximate surface area is 113 Å². The third-order valence-corrected chi connectivity index (χ3v) is 2.67. The highest BCUT2D eigenvalue weighted by atomic mass is 79.9. The summed E-state index contributed by atoms with van der Waals surface area (Å²) in [5, 5.41) is 0. The number of aromatic nitrogens is 1. The van der Waals surface area contributed by atoms with Gasteiger partial charge in [-0.3, -0.25) is 9.59 Å². The van der Waals surface area contributed by atoms with Crippen LogP contribution in [-0.4, -0.2) is 29.1 Å². The number of esters is 1. The van der Waals surface area contributed by atoms with Crippen molar-refractivity contribution >= 4 is 33.5 Å². The van der Waals surface area contributed by atoms with Crippen molar-refractivity contribution in [3.8, 4) is 0 Å². The van der Waals surface area contributed by atoms with Crippen LogP contribution in [0, 0.1) is 5.92 Å². The Morgan fingerprint density at radius 1 is 1.39 bits per heavy atom. The van der Waals surface area contributed by atoms with Gasteiger partial charge in [-0.05, 0) is 41.9 Å². The molecule has 0 aliphatic rings. The summed E-state index contributed by atoms with van der Waals surface area (Å²) in [6.07, 6.45) is 0. The highest BCUT2D eigenvalue weighted by molar-refractivity contribution is 9.10. The molecule has 1 aromatic heterocycles. The summed E-state index contributed by atoms with van der Waals surface area (Å²) in [5.41, 5.74) is 0.134. The summed E-state index contributed by atoms with van der Waals surface area (Å²) in [4.78, 5) is 38.7. The molecule has 0 aromatic carbocycles. The minimum atomic E-state index is -1.09. The number of ketones is 2. The lowest BCUT2D eigenvalue weighted by molar-refractivity contribution is -0.154. The molecular formula is C12H12BrNO4. The number of carbonyl (C=O) groups excluding carboxylic acids is 3. The van der Waals surface area contributed by atoms with Gasteiger partial charge in [-0.2, -0.15) is 0 Å². The molecule has 0 saturated heterocycles. The van der Waals surface area contributed by atoms with Crippen molar-refractivity contribution in [1.29, 1.82) is 0 Å². The average Bonchev–Trinajstić information content (AvgIpc) is 2.36. The maximum absolute atomic E-state index is 11.9. The standard InChI is InChI=1S/C12H12BrNO4/c1-3-18-12(17)11(16)7(2)10(15)8-5-4-6-9(13)14-8/h4-7H,3H2,1-2H3. The van der Waals surface area contributed by atoms with Crippen LogP contribution in [0.3, 0.4) is 0 Å². The van der Waals surface area contributed by atoms with Crippen molar-refractivity contribution < 1.29 is 19.1 Å². The second-order valence-corrected chi connectivity index (χ2v) is 4.33. The number of hydrogen-bond donors (Lipinski definition) is 0. The molecule has 0 amide bonds. The first kappa shape index (κ1) is 14.5. The molecule has 0 N–H and O–H groups in total. The van der Waals surface area contributed by atoms with Crippen molar-refractivity contribution in [3.63, 3.8) is 0 Å². The highest BCUT2D eigenvalue weighted by Gasteiger charge is 2.29. The molecule has 0 spiro atoms. The van der Waals surface area contributed by atoms with E-state index in [-0.39, 0.29) is 12.3 Å². The van der Waals surface area contributed by atoms with Gasteiger partial charge in [0.2, 0.25) is 0 Å². The Hall–Kier alpha value is -1.56. The van der Waals surface area contributed by atoms with Crippen molar-refractivity contribution in [2.75, 3.05) is 6.61 Å². The lowest BCUT2D eigenvalue weighted by Gasteiger charge is -2.08. The van der Waals surface area contributed by atoms with Crippen molar-refractivity contribution in [3.05, 3.63) is 28.5 Å². The van der Waals surface area contributed by atoms with Gasteiger partial charge in [-0.15, -0.1) is 0 Å². The first-order valence-electron chi connectivity index (χ1n) is 5.35. The normalized spacial score (nSPS) is 11.7. The fourth-order valence-corrected chi connectivity index (χ4v) is 1.61. The molecule has 5 nitrogen and oxygen atoms in total. The lowest BCUT2D eigenvalue weighted by atomic mass is 9.98. The van der Waals surface area contributed by atoms with Gasteiger partial charge < -0.3 is 4.74 Å². The van der Waals surface area contributed by atoms with Crippen LogP contribution >= 0.6 is 15.9 Å². The Bertz CT molecular complexity index is 487. The summed E-state index contributed by atoms with van der Waals surface area (Å²) in [7, 11) is 0. The molecule has 1 unspecified atom stereocenters. The van der Waals surface area contributed by atoms with E-state index in [0.29, 0.717) is 4.60 Å². The van der Waals surface area contributed by atoms with E-state index in [4.69, 9.17) is 0 Å². The number of Topliss-reactive ketones (excluding diaryl/α,β-unsaturated/α-hetero) is 2. The number of rotatable bonds is 5. The molecule has 0 saturated carbocycles. The molecule has 6 heteroatoms. The largest absolute Gasteiger partial charge is 0.460 e. The van der Waals surface area contributed by atoms with Crippen LogP contribution in [0.25, 0.3) is 0 Å². The molecule has 0 aliphatic carbocycles. The highest BCUT2D eigenvalue weighted by Crippen LogP contribution is 2.12. The van der Waals surface area contributed by atoms with Crippen LogP contribution in [0.15, 0.2) is 22.8 Å². The monoisotopic (exact) mass is 313 g/mol. The number of hydrogen-bond acceptors (Lipinski definition) is 5. The van der Waals surface area contributed by atoms with E-state index >= 15 is 0 Å². The molecule has 96 valence electrons. The molecule has 1 aromatic rings. The summed E-state index contributed by atoms with van der Waals surface area (Å²) in [6, 6.07) is 4.78. The first-order chi connectivity index (χ1) is 8.47. The van der Waals surface area contributed by atoms with Gasteiger partial charge in [0, 0.05) is 0 Å². The first-order valence-corrected chi connectivity index (χ1v) is 6.14. The van der Waals surface area contributed by atoms with E-state index in [9.17, 15) is 14.4 Å². The summed E-state index contributed by atoms with van der Waals surface area (Å²) >= 11 is 3.13. The number of ether oxygens (including phenoxy) is 1. The van der Waals surface area contributed by atoms with E-state index < -0.39 is 23.5 Å². The van der Waals surface area contributed by atoms with Gasteiger partial charge >= 0.3 is 5.97 Å². The third kappa shape index (κ3) is 3.46. The zero-order valence-electron chi connectivity index (χ0n) is 9.97. The van der Waals surface area contributed by atoms with E-state index in [2.05, 4.69) is 25.7 Å². The molecule has 0 aliphatic heterocycles. The van der Waals surface area contributed by atoms with E-state index in [1.807, 2.05) is 0 Å². The Balaban J connectivity index is 2.84. The molecule has 0 fully saturated rings. The fourth-order valence-electron chi connectivity index (χ4n) is 1.27. The topological polar surface area (TPSA) is 73.3 Å². The van der Waals surface area contributed by atoms with Crippen molar-refractivity contribution in [2.45, 2.75) is 13.8 Å². The maximum Gasteiger partial charge on any atom is 0.375 e. The summed E-state index contributed by atoms with van der Waals surface area (Å²) in [5.74, 6) is -3.45. The fraction of sp³-hybridized carbons (Fsp3) is 0.333. The number of halogens is 1. The molecule has 1 rings (SSSR count). The van der Waals surface area contributed by atoms with Gasteiger partial charge in [-0.1, -0.05) is 6.07 Å². The van der Waals surface area contributed by atoms with Crippen LogP contribution in [0.5, 0.6) is 0 Å². The van der Waals surface area contributed by atoms with Crippen LogP contribution in [-0.2, 0) is 14.3 Å². The molecule has 18 heavy (non-hydrogen) atoms. The van der Waals surface area contributed by atoms with E-state index in [1.165, 1.54) is 13.0 Å². The Morgan fingerprint density at radius 3 is 2.61 bits per heavy atom. The van der Waals surface area contributed by atoms with Crippen molar-refractivity contribution in [2.24, 2.45) is 5.92 Å². The van der Waals surface area contributed by atoms with Gasteiger partial charge in [0.1, 0.15) is 10.3 Å². The smallest absolute Gasteiger partial charge is 0.375 e. The van der Waals surface area contributed by atoms with E-state index in [0.717, 1.165) is 0 Å². The second-order valence-electron chi connectivity index (χ2n) is 3.52. The van der Waals surface area contributed by atoms with E-state index in [1.54, 1.807) is 19.1 Å².